The zero-order valence-corrected chi connectivity index (χ0v) is 8.56. The van der Waals surface area contributed by atoms with Crippen LogP contribution >= 0.6 is 15.9 Å². The van der Waals surface area contributed by atoms with Crippen LogP contribution in [-0.4, -0.2) is 18.0 Å². The van der Waals surface area contributed by atoms with Gasteiger partial charge in [0.25, 0.3) is 0 Å². The first kappa shape index (κ1) is 8.06. The number of hydrogen-bond acceptors (Lipinski definition) is 1. The zero-order chi connectivity index (χ0) is 7.90. The Labute approximate surface area is 76.6 Å². The van der Waals surface area contributed by atoms with Gasteiger partial charge in [-0.15, -0.1) is 0 Å². The van der Waals surface area contributed by atoms with E-state index in [0.717, 1.165) is 12.5 Å². The second-order valence-electron chi connectivity index (χ2n) is 4.10. The SMILES string of the molecule is CC1CC1(CBr)CCC1CO1. The number of halogens is 1. The van der Waals surface area contributed by atoms with E-state index in [0.29, 0.717) is 11.5 Å². The van der Waals surface area contributed by atoms with Gasteiger partial charge in [0.05, 0.1) is 12.7 Å². The zero-order valence-electron chi connectivity index (χ0n) is 6.98. The van der Waals surface area contributed by atoms with Crippen molar-refractivity contribution >= 4 is 15.9 Å². The molecule has 1 nitrogen and oxygen atoms in total. The smallest absolute Gasteiger partial charge is 0.0810 e. The summed E-state index contributed by atoms with van der Waals surface area (Å²) in [6.07, 6.45) is 4.70. The fraction of sp³-hybridized carbons (Fsp3) is 1.00. The maximum atomic E-state index is 5.20. The quantitative estimate of drug-likeness (QED) is 0.523. The lowest BCUT2D eigenvalue weighted by Gasteiger charge is -2.10. The van der Waals surface area contributed by atoms with Gasteiger partial charge >= 0.3 is 0 Å². The molecule has 2 fully saturated rings. The van der Waals surface area contributed by atoms with Gasteiger partial charge in [0, 0.05) is 5.33 Å². The van der Waals surface area contributed by atoms with Crippen LogP contribution in [0.4, 0.5) is 0 Å². The van der Waals surface area contributed by atoms with Gasteiger partial charge in [0.1, 0.15) is 0 Å². The molecule has 0 amide bonds. The maximum Gasteiger partial charge on any atom is 0.0810 e. The first-order valence-corrected chi connectivity index (χ1v) is 5.56. The summed E-state index contributed by atoms with van der Waals surface area (Å²) in [5.41, 5.74) is 0.659. The minimum Gasteiger partial charge on any atom is -0.373 e. The Morgan fingerprint density at radius 3 is 2.64 bits per heavy atom. The number of rotatable bonds is 4. The predicted octanol–water partition coefficient (Wildman–Crippen LogP) is 2.59. The van der Waals surface area contributed by atoms with Crippen molar-refractivity contribution in [1.29, 1.82) is 0 Å². The molecule has 0 bridgehead atoms. The van der Waals surface area contributed by atoms with E-state index in [4.69, 9.17) is 4.74 Å². The summed E-state index contributed by atoms with van der Waals surface area (Å²) in [4.78, 5) is 0. The highest BCUT2D eigenvalue weighted by Gasteiger charge is 2.49. The van der Waals surface area contributed by atoms with Gasteiger partial charge in [0.2, 0.25) is 0 Å². The molecule has 2 rings (SSSR count). The highest BCUT2D eigenvalue weighted by Crippen LogP contribution is 2.57. The Kier molecular flexibility index (Phi) is 2.00. The highest BCUT2D eigenvalue weighted by molar-refractivity contribution is 9.09. The Bertz CT molecular complexity index is 152. The maximum absolute atomic E-state index is 5.20. The van der Waals surface area contributed by atoms with E-state index in [2.05, 4.69) is 22.9 Å². The average molecular weight is 219 g/mol. The molecule has 2 aliphatic rings. The van der Waals surface area contributed by atoms with Crippen molar-refractivity contribution in [2.75, 3.05) is 11.9 Å². The summed E-state index contributed by atoms with van der Waals surface area (Å²) in [5.74, 6) is 0.945. The number of hydrogen-bond donors (Lipinski definition) is 0. The number of epoxide rings is 1. The third-order valence-electron chi connectivity index (χ3n) is 3.23. The molecule has 0 aromatic heterocycles. The first-order valence-electron chi connectivity index (χ1n) is 4.44. The lowest BCUT2D eigenvalue weighted by atomic mass is 9.99. The van der Waals surface area contributed by atoms with Gasteiger partial charge in [-0.1, -0.05) is 22.9 Å². The molecule has 0 radical (unpaired) electrons. The number of alkyl halides is 1. The van der Waals surface area contributed by atoms with Crippen LogP contribution in [-0.2, 0) is 4.74 Å². The molecule has 64 valence electrons. The van der Waals surface area contributed by atoms with Crippen LogP contribution in [0.1, 0.15) is 26.2 Å². The van der Waals surface area contributed by atoms with Crippen LogP contribution in [0.5, 0.6) is 0 Å². The molecular weight excluding hydrogens is 204 g/mol. The minimum absolute atomic E-state index is 0.624. The molecule has 3 atom stereocenters. The largest absolute Gasteiger partial charge is 0.373 e. The lowest BCUT2D eigenvalue weighted by Crippen LogP contribution is -2.06. The molecule has 1 saturated carbocycles. The van der Waals surface area contributed by atoms with Crippen molar-refractivity contribution < 1.29 is 4.74 Å². The van der Waals surface area contributed by atoms with Gasteiger partial charge in [-0.05, 0) is 30.6 Å². The lowest BCUT2D eigenvalue weighted by molar-refractivity contribution is 0.362. The summed E-state index contributed by atoms with van der Waals surface area (Å²) in [6.45, 7) is 3.38. The van der Waals surface area contributed by atoms with Crippen LogP contribution in [0.15, 0.2) is 0 Å². The molecule has 0 aromatic rings. The summed E-state index contributed by atoms with van der Waals surface area (Å²) in [7, 11) is 0. The van der Waals surface area contributed by atoms with E-state index in [9.17, 15) is 0 Å². The van der Waals surface area contributed by atoms with Crippen LogP contribution in [0.25, 0.3) is 0 Å². The van der Waals surface area contributed by atoms with Gasteiger partial charge < -0.3 is 4.74 Å². The molecule has 1 aliphatic heterocycles. The Hall–Kier alpha value is 0.440. The third kappa shape index (κ3) is 1.62. The molecule has 0 spiro atoms. The normalized spacial score (nSPS) is 47.5. The second kappa shape index (κ2) is 2.74. The van der Waals surface area contributed by atoms with Gasteiger partial charge in [0.15, 0.2) is 0 Å². The van der Waals surface area contributed by atoms with E-state index >= 15 is 0 Å². The van der Waals surface area contributed by atoms with Crippen LogP contribution in [0.2, 0.25) is 0 Å². The van der Waals surface area contributed by atoms with Crippen molar-refractivity contribution in [3.05, 3.63) is 0 Å². The van der Waals surface area contributed by atoms with E-state index in [1.54, 1.807) is 0 Å². The average Bonchev–Trinajstić information content (AvgIpc) is 2.83. The summed E-state index contributed by atoms with van der Waals surface area (Å²) in [6, 6.07) is 0. The van der Waals surface area contributed by atoms with E-state index < -0.39 is 0 Å². The van der Waals surface area contributed by atoms with Crippen molar-refractivity contribution in [1.82, 2.24) is 0 Å². The van der Waals surface area contributed by atoms with Crippen LogP contribution < -0.4 is 0 Å². The molecule has 1 heterocycles. The molecule has 1 aliphatic carbocycles. The standard InChI is InChI=1S/C9H15BrO/c1-7-4-9(7,6-10)3-2-8-5-11-8/h7-8H,2-6H2,1H3. The van der Waals surface area contributed by atoms with Crippen molar-refractivity contribution in [3.63, 3.8) is 0 Å². The van der Waals surface area contributed by atoms with Crippen LogP contribution in [0, 0.1) is 11.3 Å². The Balaban J connectivity index is 1.74. The molecule has 2 heteroatoms. The number of ether oxygens (including phenoxy) is 1. The van der Waals surface area contributed by atoms with Crippen molar-refractivity contribution in [2.45, 2.75) is 32.3 Å². The van der Waals surface area contributed by atoms with E-state index in [1.807, 2.05) is 0 Å². The monoisotopic (exact) mass is 218 g/mol. The highest BCUT2D eigenvalue weighted by atomic mass is 79.9. The minimum atomic E-state index is 0.624. The Morgan fingerprint density at radius 2 is 2.27 bits per heavy atom. The van der Waals surface area contributed by atoms with Crippen molar-refractivity contribution in [2.24, 2.45) is 11.3 Å². The topological polar surface area (TPSA) is 12.5 Å². The molecule has 0 aromatic carbocycles. The van der Waals surface area contributed by atoms with Crippen molar-refractivity contribution in [3.8, 4) is 0 Å². The third-order valence-corrected chi connectivity index (χ3v) is 4.35. The Morgan fingerprint density at radius 1 is 1.64 bits per heavy atom. The van der Waals surface area contributed by atoms with E-state index in [-0.39, 0.29) is 0 Å². The predicted molar refractivity (Wildman–Crippen MR) is 49.0 cm³/mol. The summed E-state index contributed by atoms with van der Waals surface area (Å²) >= 11 is 3.60. The molecule has 1 saturated heterocycles. The summed E-state index contributed by atoms with van der Waals surface area (Å²) < 4.78 is 5.20. The van der Waals surface area contributed by atoms with E-state index in [1.165, 1.54) is 24.6 Å². The fourth-order valence-electron chi connectivity index (χ4n) is 1.84. The van der Waals surface area contributed by atoms with Crippen LogP contribution in [0.3, 0.4) is 0 Å². The molecule has 3 unspecified atom stereocenters. The van der Waals surface area contributed by atoms with Gasteiger partial charge in [-0.2, -0.15) is 0 Å². The van der Waals surface area contributed by atoms with Gasteiger partial charge in [-0.25, -0.2) is 0 Å². The fourth-order valence-corrected chi connectivity index (χ4v) is 2.90. The molecule has 0 N–H and O–H groups in total. The molecule has 11 heavy (non-hydrogen) atoms. The van der Waals surface area contributed by atoms with Gasteiger partial charge in [-0.3, -0.25) is 0 Å². The first-order chi connectivity index (χ1) is 5.27. The summed E-state index contributed by atoms with van der Waals surface area (Å²) in [5, 5.41) is 1.19. The second-order valence-corrected chi connectivity index (χ2v) is 4.66. The molecular formula is C9H15BrO.